The Morgan fingerprint density at radius 1 is 1.27 bits per heavy atom. The van der Waals surface area contributed by atoms with Crippen LogP contribution in [0.5, 0.6) is 0 Å². The van der Waals surface area contributed by atoms with E-state index in [9.17, 15) is 4.79 Å². The lowest BCUT2D eigenvalue weighted by Gasteiger charge is -2.05. The molecule has 3 N–H and O–H groups in total. The summed E-state index contributed by atoms with van der Waals surface area (Å²) in [5.74, 6) is 1.83. The third-order valence-electron chi connectivity index (χ3n) is 4.11. The van der Waals surface area contributed by atoms with Gasteiger partial charge in [-0.2, -0.15) is 0 Å². The minimum absolute atomic E-state index is 0.116. The van der Waals surface area contributed by atoms with Crippen LogP contribution in [0.2, 0.25) is 0 Å². The van der Waals surface area contributed by atoms with Gasteiger partial charge < -0.3 is 10.7 Å². The zero-order chi connectivity index (χ0) is 17.9. The number of anilines is 1. The average Bonchev–Trinajstić information content (AvgIpc) is 3.40. The topological polar surface area (TPSA) is 91.3 Å². The summed E-state index contributed by atoms with van der Waals surface area (Å²) >= 11 is 1.47. The normalized spacial score (nSPS) is 20.8. The quantitative estimate of drug-likeness (QED) is 0.703. The molecule has 2 aliphatic rings. The maximum atomic E-state index is 11.8. The van der Waals surface area contributed by atoms with Gasteiger partial charge in [0.2, 0.25) is 5.91 Å². The Balaban J connectivity index is 1.40. The molecule has 1 atom stereocenters. The maximum Gasteiger partial charge on any atom is 0.227 e. The van der Waals surface area contributed by atoms with Crippen LogP contribution in [0, 0.1) is 5.92 Å². The molecule has 0 spiro atoms. The second kappa shape index (κ2) is 7.43. The fourth-order valence-corrected chi connectivity index (χ4v) is 3.29. The first-order chi connectivity index (χ1) is 12.7. The first-order valence-electron chi connectivity index (χ1n) is 8.66. The van der Waals surface area contributed by atoms with Gasteiger partial charge in [-0.15, -0.1) is 0 Å². The molecule has 1 saturated heterocycles. The minimum Gasteiger partial charge on any atom is -0.326 e. The molecule has 1 saturated carbocycles. The predicted molar refractivity (Wildman–Crippen MR) is 101 cm³/mol. The number of amides is 1. The van der Waals surface area contributed by atoms with Gasteiger partial charge in [0, 0.05) is 41.2 Å². The molecule has 2 aromatic rings. The van der Waals surface area contributed by atoms with Crippen LogP contribution in [0.3, 0.4) is 0 Å². The largest absolute Gasteiger partial charge is 0.326 e. The second-order valence-electron chi connectivity index (χ2n) is 6.52. The molecule has 1 aromatic heterocycles. The Morgan fingerprint density at radius 2 is 2.08 bits per heavy atom. The SMILES string of the molecule is CC1CC(=Nc2ccnc(Sc3ccc(NC(=O)C4CC4)cc3)n2)NN1. The first-order valence-corrected chi connectivity index (χ1v) is 9.48. The van der Waals surface area contributed by atoms with Crippen molar-refractivity contribution < 1.29 is 4.79 Å². The van der Waals surface area contributed by atoms with Crippen molar-refractivity contribution in [2.24, 2.45) is 10.9 Å². The number of benzene rings is 1. The van der Waals surface area contributed by atoms with E-state index < -0.39 is 0 Å². The third-order valence-corrected chi connectivity index (χ3v) is 5.00. The number of carbonyl (C=O) groups excluding carboxylic acids is 1. The Morgan fingerprint density at radius 3 is 2.77 bits per heavy atom. The Bertz CT molecular complexity index is 834. The zero-order valence-corrected chi connectivity index (χ0v) is 15.2. The second-order valence-corrected chi connectivity index (χ2v) is 7.56. The highest BCUT2D eigenvalue weighted by atomic mass is 32.2. The third kappa shape index (κ3) is 4.39. The molecule has 26 heavy (non-hydrogen) atoms. The van der Waals surface area contributed by atoms with E-state index in [0.29, 0.717) is 17.0 Å². The maximum absolute atomic E-state index is 11.8. The van der Waals surface area contributed by atoms with E-state index in [1.807, 2.05) is 24.3 Å². The minimum atomic E-state index is 0.116. The van der Waals surface area contributed by atoms with Crippen molar-refractivity contribution in [3.8, 4) is 0 Å². The summed E-state index contributed by atoms with van der Waals surface area (Å²) < 4.78 is 0. The van der Waals surface area contributed by atoms with Crippen molar-refractivity contribution in [2.45, 2.75) is 42.3 Å². The molecule has 4 rings (SSSR count). The number of aromatic nitrogens is 2. The summed E-state index contributed by atoms with van der Waals surface area (Å²) in [7, 11) is 0. The zero-order valence-electron chi connectivity index (χ0n) is 14.4. The van der Waals surface area contributed by atoms with Crippen molar-refractivity contribution in [1.29, 1.82) is 0 Å². The lowest BCUT2D eigenvalue weighted by atomic mass is 10.3. The lowest BCUT2D eigenvalue weighted by molar-refractivity contribution is -0.117. The molecule has 0 bridgehead atoms. The number of carbonyl (C=O) groups is 1. The predicted octanol–water partition coefficient (Wildman–Crippen LogP) is 2.89. The van der Waals surface area contributed by atoms with E-state index in [4.69, 9.17) is 0 Å². The van der Waals surface area contributed by atoms with Gasteiger partial charge in [0.05, 0.1) is 0 Å². The standard InChI is InChI=1S/C18H20N6OS/c1-11-10-16(24-23-11)21-15-8-9-19-18(22-15)26-14-6-4-13(5-7-14)20-17(25)12-2-3-12/h4-9,11-12,23H,2-3,10H2,1H3,(H,20,25)(H,19,21,22,24). The van der Waals surface area contributed by atoms with Crippen molar-refractivity contribution in [3.63, 3.8) is 0 Å². The highest BCUT2D eigenvalue weighted by molar-refractivity contribution is 7.99. The number of hydrogen-bond donors (Lipinski definition) is 3. The van der Waals surface area contributed by atoms with Crippen LogP contribution in [0.4, 0.5) is 11.5 Å². The van der Waals surface area contributed by atoms with Gasteiger partial charge in [0.15, 0.2) is 11.0 Å². The van der Waals surface area contributed by atoms with Gasteiger partial charge in [0.1, 0.15) is 5.84 Å². The molecular weight excluding hydrogens is 348 g/mol. The molecule has 2 fully saturated rings. The molecule has 1 amide bonds. The fraction of sp³-hybridized carbons (Fsp3) is 0.333. The number of aliphatic imine (C=N–C) groups is 1. The summed E-state index contributed by atoms with van der Waals surface area (Å²) in [5, 5.41) is 3.58. The number of amidine groups is 1. The Labute approximate surface area is 156 Å². The van der Waals surface area contributed by atoms with E-state index in [2.05, 4.69) is 38.1 Å². The average molecular weight is 368 g/mol. The van der Waals surface area contributed by atoms with Gasteiger partial charge >= 0.3 is 0 Å². The summed E-state index contributed by atoms with van der Waals surface area (Å²) in [6, 6.07) is 9.88. The van der Waals surface area contributed by atoms with E-state index in [1.54, 1.807) is 12.3 Å². The van der Waals surface area contributed by atoms with Crippen molar-refractivity contribution in [2.75, 3.05) is 5.32 Å². The van der Waals surface area contributed by atoms with Crippen molar-refractivity contribution in [1.82, 2.24) is 20.8 Å². The van der Waals surface area contributed by atoms with Crippen molar-refractivity contribution in [3.05, 3.63) is 36.5 Å². The number of nitrogens with one attached hydrogen (secondary N) is 3. The summed E-state index contributed by atoms with van der Waals surface area (Å²) in [5.41, 5.74) is 6.99. The first kappa shape index (κ1) is 17.0. The molecule has 1 unspecified atom stereocenters. The number of hydrogen-bond acceptors (Lipinski definition) is 6. The molecular formula is C18H20N6OS. The van der Waals surface area contributed by atoms with Crippen LogP contribution < -0.4 is 16.2 Å². The van der Waals surface area contributed by atoms with Gasteiger partial charge in [-0.05, 0) is 55.8 Å². The smallest absolute Gasteiger partial charge is 0.227 e. The molecule has 2 heterocycles. The molecule has 1 aliphatic carbocycles. The van der Waals surface area contributed by atoms with Crippen LogP contribution in [0.15, 0.2) is 51.6 Å². The molecule has 7 nitrogen and oxygen atoms in total. The van der Waals surface area contributed by atoms with Crippen LogP contribution in [0.1, 0.15) is 26.2 Å². The van der Waals surface area contributed by atoms with Gasteiger partial charge in [-0.25, -0.2) is 20.4 Å². The number of hydrazine groups is 1. The summed E-state index contributed by atoms with van der Waals surface area (Å²) in [6.45, 7) is 2.09. The van der Waals surface area contributed by atoms with Crippen LogP contribution >= 0.6 is 11.8 Å². The Hall–Kier alpha value is -2.45. The lowest BCUT2D eigenvalue weighted by Crippen LogP contribution is -2.29. The molecule has 8 heteroatoms. The molecule has 0 radical (unpaired) electrons. The highest BCUT2D eigenvalue weighted by Gasteiger charge is 2.29. The van der Waals surface area contributed by atoms with Crippen molar-refractivity contribution >= 4 is 35.0 Å². The summed E-state index contributed by atoms with van der Waals surface area (Å²) in [4.78, 5) is 26.1. The van der Waals surface area contributed by atoms with E-state index in [1.165, 1.54) is 11.8 Å². The van der Waals surface area contributed by atoms with Gasteiger partial charge in [-0.3, -0.25) is 4.79 Å². The van der Waals surface area contributed by atoms with E-state index in [0.717, 1.165) is 35.7 Å². The number of nitrogens with zero attached hydrogens (tertiary/aromatic N) is 3. The monoisotopic (exact) mass is 368 g/mol. The van der Waals surface area contributed by atoms with E-state index in [-0.39, 0.29) is 11.8 Å². The van der Waals surface area contributed by atoms with Crippen LogP contribution in [-0.4, -0.2) is 27.8 Å². The Kier molecular flexibility index (Phi) is 4.85. The van der Waals surface area contributed by atoms with Gasteiger partial charge in [-0.1, -0.05) is 0 Å². The van der Waals surface area contributed by atoms with Crippen LogP contribution in [-0.2, 0) is 4.79 Å². The fourth-order valence-electron chi connectivity index (χ4n) is 2.56. The van der Waals surface area contributed by atoms with E-state index >= 15 is 0 Å². The molecule has 1 aromatic carbocycles. The molecule has 134 valence electrons. The molecule has 1 aliphatic heterocycles. The highest BCUT2D eigenvalue weighted by Crippen LogP contribution is 2.31. The summed E-state index contributed by atoms with van der Waals surface area (Å²) in [6.07, 6.45) is 4.57. The van der Waals surface area contributed by atoms with Gasteiger partial charge in [0.25, 0.3) is 0 Å². The number of rotatable bonds is 5. The van der Waals surface area contributed by atoms with Crippen LogP contribution in [0.25, 0.3) is 0 Å².